The summed E-state index contributed by atoms with van der Waals surface area (Å²) >= 11 is 0. The second kappa shape index (κ2) is 6.53. The smallest absolute Gasteiger partial charge is 0.119 e. The number of nitrogens with zero attached hydrogens (tertiary/aromatic N) is 2. The summed E-state index contributed by atoms with van der Waals surface area (Å²) in [6, 6.07) is 14.5. The molecule has 1 fully saturated rings. The van der Waals surface area contributed by atoms with Crippen molar-refractivity contribution in [2.45, 2.75) is 31.4 Å². The molecule has 0 bridgehead atoms. The lowest BCUT2D eigenvalue weighted by atomic mass is 9.96. The summed E-state index contributed by atoms with van der Waals surface area (Å²) in [5.41, 5.74) is 1.25. The highest BCUT2D eigenvalue weighted by molar-refractivity contribution is 5.21. The molecule has 0 aliphatic carbocycles. The Hall–Kier alpha value is -1.87. The third-order valence-electron chi connectivity index (χ3n) is 3.61. The molecule has 1 aliphatic heterocycles. The van der Waals surface area contributed by atoms with Crippen LogP contribution in [0.5, 0.6) is 5.75 Å². The van der Waals surface area contributed by atoms with Crippen molar-refractivity contribution in [2.75, 3.05) is 6.54 Å². The van der Waals surface area contributed by atoms with Gasteiger partial charge in [-0.15, -0.1) is 0 Å². The lowest BCUT2D eigenvalue weighted by molar-refractivity contribution is 0.138. The number of aromatic nitrogens is 1. The van der Waals surface area contributed by atoms with Crippen LogP contribution < -0.4 is 10.1 Å². The number of para-hydroxylation sites is 1. The molecule has 1 aromatic heterocycles. The fourth-order valence-electron chi connectivity index (χ4n) is 2.63. The van der Waals surface area contributed by atoms with Crippen molar-refractivity contribution in [3.63, 3.8) is 0 Å². The van der Waals surface area contributed by atoms with Crippen molar-refractivity contribution < 1.29 is 4.74 Å². The first-order valence-corrected chi connectivity index (χ1v) is 7.17. The minimum absolute atomic E-state index is 0.275. The van der Waals surface area contributed by atoms with E-state index in [0.29, 0.717) is 6.04 Å². The maximum absolute atomic E-state index is 6.05. The Labute approximate surface area is 120 Å². The lowest BCUT2D eigenvalue weighted by Gasteiger charge is -2.29. The number of hydrogen-bond acceptors (Lipinski definition) is 2. The summed E-state index contributed by atoms with van der Waals surface area (Å²) < 4.78 is 6.05. The van der Waals surface area contributed by atoms with Gasteiger partial charge in [-0.25, -0.2) is 5.32 Å². The van der Waals surface area contributed by atoms with E-state index < -0.39 is 0 Å². The topological polar surface area (TPSA) is 36.2 Å². The zero-order valence-electron chi connectivity index (χ0n) is 11.5. The number of pyridine rings is 1. The van der Waals surface area contributed by atoms with Gasteiger partial charge in [-0.3, -0.25) is 4.98 Å². The molecule has 0 spiro atoms. The van der Waals surface area contributed by atoms with Gasteiger partial charge in [0.2, 0.25) is 0 Å². The van der Waals surface area contributed by atoms with Crippen LogP contribution in [0.1, 0.15) is 18.4 Å². The van der Waals surface area contributed by atoms with Crippen LogP contribution in [0, 0.1) is 0 Å². The Morgan fingerprint density at radius 3 is 2.80 bits per heavy atom. The molecule has 1 saturated heterocycles. The first-order valence-electron chi connectivity index (χ1n) is 7.17. The summed E-state index contributed by atoms with van der Waals surface area (Å²) in [7, 11) is 0. The van der Waals surface area contributed by atoms with Gasteiger partial charge >= 0.3 is 0 Å². The van der Waals surface area contributed by atoms with E-state index in [0.717, 1.165) is 31.6 Å². The minimum Gasteiger partial charge on any atom is -0.490 e. The summed E-state index contributed by atoms with van der Waals surface area (Å²) in [6.45, 7) is 0.891. The minimum atomic E-state index is 0.275. The third-order valence-corrected chi connectivity index (χ3v) is 3.61. The van der Waals surface area contributed by atoms with E-state index in [-0.39, 0.29) is 6.10 Å². The van der Waals surface area contributed by atoms with Gasteiger partial charge in [0.05, 0.1) is 0 Å². The standard InChI is InChI=1S/C17H19N2O/c1-2-6-16(7-3-1)20-17-8-10-19-15(12-17)11-14-5-4-9-18-13-14/h1-7,9,13,15,17H,8,10-12H2. The number of benzene rings is 1. The predicted octanol–water partition coefficient (Wildman–Crippen LogP) is 2.84. The van der Waals surface area contributed by atoms with Crippen LogP contribution in [-0.4, -0.2) is 23.7 Å². The molecule has 2 unspecified atom stereocenters. The molecule has 1 aromatic carbocycles. The molecule has 3 heteroatoms. The molecule has 3 nitrogen and oxygen atoms in total. The van der Waals surface area contributed by atoms with E-state index in [1.165, 1.54) is 5.56 Å². The first kappa shape index (κ1) is 13.1. The summed E-state index contributed by atoms with van der Waals surface area (Å²) in [5.74, 6) is 0.958. The highest BCUT2D eigenvalue weighted by Crippen LogP contribution is 2.20. The van der Waals surface area contributed by atoms with E-state index in [4.69, 9.17) is 10.1 Å². The molecule has 0 N–H and O–H groups in total. The van der Waals surface area contributed by atoms with Crippen LogP contribution in [0.25, 0.3) is 0 Å². The quantitative estimate of drug-likeness (QED) is 0.854. The average molecular weight is 267 g/mol. The van der Waals surface area contributed by atoms with E-state index in [9.17, 15) is 0 Å². The summed E-state index contributed by atoms with van der Waals surface area (Å²) in [5, 5.41) is 4.71. The van der Waals surface area contributed by atoms with Crippen LogP contribution in [0.15, 0.2) is 54.9 Å². The number of rotatable bonds is 4. The lowest BCUT2D eigenvalue weighted by Crippen LogP contribution is -2.39. The van der Waals surface area contributed by atoms with Crippen LogP contribution in [0.3, 0.4) is 0 Å². The Balaban J connectivity index is 1.57. The molecule has 1 radical (unpaired) electrons. The van der Waals surface area contributed by atoms with Crippen LogP contribution in [0.2, 0.25) is 0 Å². The van der Waals surface area contributed by atoms with Crippen molar-refractivity contribution in [1.29, 1.82) is 0 Å². The van der Waals surface area contributed by atoms with Gasteiger partial charge in [0.25, 0.3) is 0 Å². The molecule has 0 amide bonds. The fourth-order valence-corrected chi connectivity index (χ4v) is 2.63. The Kier molecular flexibility index (Phi) is 4.28. The number of hydrogen-bond donors (Lipinski definition) is 0. The Morgan fingerprint density at radius 2 is 2.00 bits per heavy atom. The molecule has 103 valence electrons. The second-order valence-corrected chi connectivity index (χ2v) is 5.20. The molecule has 20 heavy (non-hydrogen) atoms. The van der Waals surface area contributed by atoms with Crippen molar-refractivity contribution in [3.8, 4) is 5.75 Å². The monoisotopic (exact) mass is 267 g/mol. The van der Waals surface area contributed by atoms with Gasteiger partial charge in [0.1, 0.15) is 11.9 Å². The van der Waals surface area contributed by atoms with Gasteiger partial charge in [0.15, 0.2) is 0 Å². The van der Waals surface area contributed by atoms with E-state index in [2.05, 4.69) is 11.1 Å². The van der Waals surface area contributed by atoms with Gasteiger partial charge < -0.3 is 4.74 Å². The molecule has 2 aromatic rings. The molecule has 2 heterocycles. The predicted molar refractivity (Wildman–Crippen MR) is 78.8 cm³/mol. The van der Waals surface area contributed by atoms with Crippen LogP contribution in [0.4, 0.5) is 0 Å². The third kappa shape index (κ3) is 3.58. The zero-order chi connectivity index (χ0) is 13.6. The first-order chi connectivity index (χ1) is 9.90. The average Bonchev–Trinajstić information content (AvgIpc) is 2.50. The van der Waals surface area contributed by atoms with E-state index in [1.807, 2.05) is 48.8 Å². The molecule has 2 atom stereocenters. The van der Waals surface area contributed by atoms with Gasteiger partial charge in [-0.2, -0.15) is 0 Å². The summed E-state index contributed by atoms with van der Waals surface area (Å²) in [4.78, 5) is 4.16. The highest BCUT2D eigenvalue weighted by atomic mass is 16.5. The highest BCUT2D eigenvalue weighted by Gasteiger charge is 2.24. The molecule has 3 rings (SSSR count). The molecule has 0 saturated carbocycles. The fraction of sp³-hybridized carbons (Fsp3) is 0.353. The van der Waals surface area contributed by atoms with Crippen LogP contribution in [-0.2, 0) is 6.42 Å². The van der Waals surface area contributed by atoms with Gasteiger partial charge in [-0.05, 0) is 36.6 Å². The van der Waals surface area contributed by atoms with Crippen molar-refractivity contribution >= 4 is 0 Å². The van der Waals surface area contributed by atoms with Crippen molar-refractivity contribution in [1.82, 2.24) is 10.3 Å². The Bertz CT molecular complexity index is 468. The van der Waals surface area contributed by atoms with E-state index in [1.54, 1.807) is 0 Å². The van der Waals surface area contributed by atoms with E-state index >= 15 is 0 Å². The summed E-state index contributed by atoms with van der Waals surface area (Å²) in [6.07, 6.45) is 6.97. The van der Waals surface area contributed by atoms with Crippen LogP contribution >= 0.6 is 0 Å². The normalized spacial score (nSPS) is 22.4. The number of piperidine rings is 1. The maximum Gasteiger partial charge on any atom is 0.119 e. The number of ether oxygens (including phenoxy) is 1. The Morgan fingerprint density at radius 1 is 1.10 bits per heavy atom. The molecule has 1 aliphatic rings. The molecular weight excluding hydrogens is 248 g/mol. The van der Waals surface area contributed by atoms with Gasteiger partial charge in [-0.1, -0.05) is 24.3 Å². The maximum atomic E-state index is 6.05. The SMILES string of the molecule is c1ccc(OC2CC[N]C(Cc3cccnc3)C2)cc1. The van der Waals surface area contributed by atoms with Crippen molar-refractivity contribution in [3.05, 3.63) is 60.4 Å². The zero-order valence-corrected chi connectivity index (χ0v) is 11.5. The van der Waals surface area contributed by atoms with Crippen molar-refractivity contribution in [2.24, 2.45) is 0 Å². The second-order valence-electron chi connectivity index (χ2n) is 5.20. The largest absolute Gasteiger partial charge is 0.490 e. The van der Waals surface area contributed by atoms with Gasteiger partial charge in [0, 0.05) is 31.4 Å². The molecular formula is C17H19N2O.